The number of carbonyl (C=O) groups excluding carboxylic acids is 1. The van der Waals surface area contributed by atoms with Crippen LogP contribution in [0.4, 0.5) is 0 Å². The smallest absolute Gasteiger partial charge is 0.242 e. The molecule has 3 heterocycles. The number of amides is 1. The molecule has 0 aliphatic rings. The van der Waals surface area contributed by atoms with Gasteiger partial charge in [0.05, 0.1) is 11.1 Å². The summed E-state index contributed by atoms with van der Waals surface area (Å²) in [6.07, 6.45) is 3.65. The minimum atomic E-state index is -0.0378. The molecule has 0 saturated heterocycles. The number of thiophene rings is 1. The number of aromatic nitrogens is 5. The zero-order valence-electron chi connectivity index (χ0n) is 12.8. The Morgan fingerprint density at radius 3 is 3.00 bits per heavy atom. The van der Waals surface area contributed by atoms with Crippen molar-refractivity contribution in [3.8, 4) is 10.7 Å². The first-order chi connectivity index (χ1) is 11.0. The van der Waals surface area contributed by atoms with Crippen molar-refractivity contribution in [3.63, 3.8) is 0 Å². The molecule has 0 saturated carbocycles. The van der Waals surface area contributed by atoms with Crippen LogP contribution in [0.3, 0.4) is 0 Å². The van der Waals surface area contributed by atoms with E-state index in [1.807, 2.05) is 30.8 Å². The Hall–Kier alpha value is -2.26. The Bertz CT molecular complexity index is 860. The molecule has 0 fully saturated rings. The number of likely N-dealkylation sites (N-methyl/N-ethyl adjacent to an activating group) is 1. The lowest BCUT2D eigenvalue weighted by molar-refractivity contribution is -0.131. The second-order valence-corrected chi connectivity index (χ2v) is 6.52. The summed E-state index contributed by atoms with van der Waals surface area (Å²) < 4.78 is 3.88. The van der Waals surface area contributed by atoms with Gasteiger partial charge in [0.15, 0.2) is 10.6 Å². The van der Waals surface area contributed by atoms with Crippen molar-refractivity contribution in [2.24, 2.45) is 7.05 Å². The molecule has 23 heavy (non-hydrogen) atoms. The van der Waals surface area contributed by atoms with Gasteiger partial charge < -0.3 is 4.90 Å². The molecule has 3 aromatic rings. The van der Waals surface area contributed by atoms with Crippen LogP contribution in [0.2, 0.25) is 0 Å². The second kappa shape index (κ2) is 6.47. The normalized spacial score (nSPS) is 10.9. The number of carbonyl (C=O) groups is 1. The Balaban J connectivity index is 1.75. The maximum atomic E-state index is 12.5. The third-order valence-corrected chi connectivity index (χ3v) is 4.57. The van der Waals surface area contributed by atoms with Crippen LogP contribution in [-0.2, 0) is 24.9 Å². The van der Waals surface area contributed by atoms with Crippen molar-refractivity contribution in [1.29, 1.82) is 0 Å². The van der Waals surface area contributed by atoms with E-state index >= 15 is 0 Å². The average molecular weight is 348 g/mol. The maximum absolute atomic E-state index is 12.5. The van der Waals surface area contributed by atoms with E-state index in [0.29, 0.717) is 17.1 Å². The minimum Gasteiger partial charge on any atom is -0.340 e. The van der Waals surface area contributed by atoms with E-state index in [2.05, 4.69) is 15.3 Å². The number of nitrogens with zero attached hydrogens (tertiary/aromatic N) is 5. The summed E-state index contributed by atoms with van der Waals surface area (Å²) in [7, 11) is 3.62. The van der Waals surface area contributed by atoms with Crippen LogP contribution in [0.1, 0.15) is 5.56 Å². The number of rotatable bonds is 5. The maximum Gasteiger partial charge on any atom is 0.242 e. The molecular weight excluding hydrogens is 332 g/mol. The van der Waals surface area contributed by atoms with E-state index in [0.717, 1.165) is 10.4 Å². The van der Waals surface area contributed by atoms with Crippen LogP contribution in [0.25, 0.3) is 10.7 Å². The lowest BCUT2D eigenvalue weighted by Gasteiger charge is -2.17. The predicted octanol–water partition coefficient (Wildman–Crippen LogP) is 2.06. The van der Waals surface area contributed by atoms with Crippen molar-refractivity contribution < 1.29 is 4.79 Å². The van der Waals surface area contributed by atoms with Crippen molar-refractivity contribution in [2.45, 2.75) is 13.1 Å². The summed E-state index contributed by atoms with van der Waals surface area (Å²) in [4.78, 5) is 15.1. The molecule has 3 aromatic heterocycles. The van der Waals surface area contributed by atoms with E-state index in [1.165, 1.54) is 0 Å². The van der Waals surface area contributed by atoms with Gasteiger partial charge in [0.25, 0.3) is 0 Å². The highest BCUT2D eigenvalue weighted by Gasteiger charge is 2.16. The number of nitrogens with one attached hydrogen (secondary N) is 1. The molecule has 120 valence electrons. The summed E-state index contributed by atoms with van der Waals surface area (Å²) in [6, 6.07) is 3.90. The molecule has 0 atom stereocenters. The first-order valence-electron chi connectivity index (χ1n) is 6.95. The van der Waals surface area contributed by atoms with Gasteiger partial charge in [-0.1, -0.05) is 6.07 Å². The van der Waals surface area contributed by atoms with Gasteiger partial charge in [0, 0.05) is 32.4 Å². The van der Waals surface area contributed by atoms with Crippen molar-refractivity contribution >= 4 is 29.5 Å². The highest BCUT2D eigenvalue weighted by atomic mass is 32.1. The summed E-state index contributed by atoms with van der Waals surface area (Å²) in [5, 5.41) is 13.1. The molecule has 3 rings (SSSR count). The third kappa shape index (κ3) is 3.40. The quantitative estimate of drug-likeness (QED) is 0.717. The Morgan fingerprint density at radius 1 is 1.52 bits per heavy atom. The summed E-state index contributed by atoms with van der Waals surface area (Å²) in [5.41, 5.74) is 0.984. The first-order valence-corrected chi connectivity index (χ1v) is 8.24. The SMILES string of the molecule is CN(Cc1cnn(C)c1)C(=O)Cn1c(-c2cccs2)n[nH]c1=S. The van der Waals surface area contributed by atoms with Gasteiger partial charge in [-0.15, -0.1) is 11.3 Å². The van der Waals surface area contributed by atoms with Crippen LogP contribution < -0.4 is 0 Å². The zero-order chi connectivity index (χ0) is 16.4. The minimum absolute atomic E-state index is 0.0378. The molecule has 7 nitrogen and oxygen atoms in total. The Kier molecular flexibility index (Phi) is 4.39. The van der Waals surface area contributed by atoms with Gasteiger partial charge in [-0.25, -0.2) is 0 Å². The fraction of sp³-hybridized carbons (Fsp3) is 0.286. The Morgan fingerprint density at radius 2 is 2.35 bits per heavy atom. The lowest BCUT2D eigenvalue weighted by atomic mass is 10.3. The average Bonchev–Trinajstić information content (AvgIpc) is 3.23. The van der Waals surface area contributed by atoms with Crippen molar-refractivity contribution in [1.82, 2.24) is 29.4 Å². The third-order valence-electron chi connectivity index (χ3n) is 3.40. The van der Waals surface area contributed by atoms with Gasteiger partial charge in [-0.05, 0) is 23.7 Å². The van der Waals surface area contributed by atoms with Crippen LogP contribution in [-0.4, -0.2) is 42.4 Å². The fourth-order valence-electron chi connectivity index (χ4n) is 2.23. The summed E-state index contributed by atoms with van der Waals surface area (Å²) in [5.74, 6) is 0.650. The Labute approximate surface area is 142 Å². The lowest BCUT2D eigenvalue weighted by Crippen LogP contribution is -2.30. The van der Waals surface area contributed by atoms with Crippen LogP contribution in [0.15, 0.2) is 29.9 Å². The van der Waals surface area contributed by atoms with Gasteiger partial charge in [-0.3, -0.25) is 19.1 Å². The molecule has 0 aliphatic carbocycles. The highest BCUT2D eigenvalue weighted by molar-refractivity contribution is 7.71. The topological polar surface area (TPSA) is 71.7 Å². The van der Waals surface area contributed by atoms with Gasteiger partial charge in [0.2, 0.25) is 5.91 Å². The number of aromatic amines is 1. The van der Waals surface area contributed by atoms with Crippen LogP contribution in [0.5, 0.6) is 0 Å². The molecule has 9 heteroatoms. The standard InChI is InChI=1S/C14H16N6OS2/c1-18(7-10-6-15-19(2)8-10)12(21)9-20-13(16-17-14(20)22)11-4-3-5-23-11/h3-6,8H,7,9H2,1-2H3,(H,17,22). The van der Waals surface area contributed by atoms with E-state index in [9.17, 15) is 4.79 Å². The number of aryl methyl sites for hydroxylation is 1. The molecule has 0 unspecified atom stereocenters. The molecule has 0 bridgehead atoms. The largest absolute Gasteiger partial charge is 0.340 e. The monoisotopic (exact) mass is 348 g/mol. The predicted molar refractivity (Wildman–Crippen MR) is 90.4 cm³/mol. The number of hydrogen-bond donors (Lipinski definition) is 1. The molecule has 1 amide bonds. The van der Waals surface area contributed by atoms with Crippen LogP contribution >= 0.6 is 23.6 Å². The van der Waals surface area contributed by atoms with Gasteiger partial charge in [-0.2, -0.15) is 10.2 Å². The molecular formula is C14H16N6OS2. The molecule has 0 aromatic carbocycles. The highest BCUT2D eigenvalue weighted by Crippen LogP contribution is 2.22. The molecule has 0 radical (unpaired) electrons. The van der Waals surface area contributed by atoms with E-state index < -0.39 is 0 Å². The van der Waals surface area contributed by atoms with Gasteiger partial charge >= 0.3 is 0 Å². The molecule has 0 aliphatic heterocycles. The number of hydrogen-bond acceptors (Lipinski definition) is 5. The molecule has 1 N–H and O–H groups in total. The first kappa shape index (κ1) is 15.6. The summed E-state index contributed by atoms with van der Waals surface area (Å²) >= 11 is 6.81. The molecule has 0 spiro atoms. The number of H-pyrrole nitrogens is 1. The van der Waals surface area contributed by atoms with Crippen LogP contribution in [0, 0.1) is 4.77 Å². The van der Waals surface area contributed by atoms with Gasteiger partial charge in [0.1, 0.15) is 6.54 Å². The van der Waals surface area contributed by atoms with E-state index in [1.54, 1.807) is 38.7 Å². The van der Waals surface area contributed by atoms with E-state index in [4.69, 9.17) is 12.2 Å². The van der Waals surface area contributed by atoms with E-state index in [-0.39, 0.29) is 12.5 Å². The second-order valence-electron chi connectivity index (χ2n) is 5.19. The van der Waals surface area contributed by atoms with Crippen molar-refractivity contribution in [2.75, 3.05) is 7.05 Å². The zero-order valence-corrected chi connectivity index (χ0v) is 14.4. The van der Waals surface area contributed by atoms with Crippen molar-refractivity contribution in [3.05, 3.63) is 40.2 Å². The fourth-order valence-corrected chi connectivity index (χ4v) is 3.15. The summed E-state index contributed by atoms with van der Waals surface area (Å²) in [6.45, 7) is 0.658.